The summed E-state index contributed by atoms with van der Waals surface area (Å²) < 4.78 is 50.8. The molecule has 2 amide bonds. The molecule has 0 aliphatic rings. The van der Waals surface area contributed by atoms with E-state index >= 15 is 0 Å². The normalized spacial score (nSPS) is 10.8. The molecule has 0 aliphatic carbocycles. The fourth-order valence-electron chi connectivity index (χ4n) is 2.05. The maximum absolute atomic E-state index is 12.1. The summed E-state index contributed by atoms with van der Waals surface area (Å²) in [6.45, 7) is 2.97. The average molecular weight is 384 g/mol. The zero-order chi connectivity index (χ0) is 19.7. The molecule has 2 aromatic carbocycles. The van der Waals surface area contributed by atoms with E-state index in [0.29, 0.717) is 18.0 Å². The van der Waals surface area contributed by atoms with Crippen LogP contribution in [-0.2, 0) is 0 Å². The Balaban J connectivity index is 1.68. The molecule has 2 N–H and O–H groups in total. The summed E-state index contributed by atoms with van der Waals surface area (Å²) in [5.41, 5.74) is 0.328. The Morgan fingerprint density at radius 2 is 1.48 bits per heavy atom. The molecule has 2 rings (SSSR count). The van der Waals surface area contributed by atoms with Gasteiger partial charge in [0.25, 0.3) is 0 Å². The number of amides is 2. The van der Waals surface area contributed by atoms with Crippen molar-refractivity contribution in [2.45, 2.75) is 13.3 Å². The summed E-state index contributed by atoms with van der Waals surface area (Å²) in [5, 5.41) is 5.07. The Hall–Kier alpha value is -3.10. The van der Waals surface area contributed by atoms with Gasteiger partial charge in [0.15, 0.2) is 0 Å². The van der Waals surface area contributed by atoms with Gasteiger partial charge < -0.3 is 24.8 Å². The van der Waals surface area contributed by atoms with Crippen LogP contribution in [0.2, 0.25) is 0 Å². The molecule has 0 bridgehead atoms. The number of rotatable bonds is 8. The Labute approximate surface area is 154 Å². The molecule has 0 atom stereocenters. The number of urea groups is 1. The van der Waals surface area contributed by atoms with Crippen molar-refractivity contribution in [3.63, 3.8) is 0 Å². The van der Waals surface area contributed by atoms with Crippen molar-refractivity contribution in [3.8, 4) is 17.2 Å². The first-order valence-electron chi connectivity index (χ1n) is 8.12. The number of carbonyl (C=O) groups is 1. The largest absolute Gasteiger partial charge is 0.573 e. The number of nitrogens with one attached hydrogen (secondary N) is 2. The number of hydrogen-bond acceptors (Lipinski definition) is 4. The van der Waals surface area contributed by atoms with Gasteiger partial charge in [0, 0.05) is 5.69 Å². The Bertz CT molecular complexity index is 719. The fourth-order valence-corrected chi connectivity index (χ4v) is 2.05. The van der Waals surface area contributed by atoms with E-state index in [0.717, 1.165) is 17.9 Å². The van der Waals surface area contributed by atoms with E-state index in [1.54, 1.807) is 24.3 Å². The summed E-state index contributed by atoms with van der Waals surface area (Å²) in [4.78, 5) is 11.7. The van der Waals surface area contributed by atoms with Crippen LogP contribution >= 0.6 is 0 Å². The summed E-state index contributed by atoms with van der Waals surface area (Å²) in [6.07, 6.45) is -4.75. The van der Waals surface area contributed by atoms with Crippen LogP contribution in [0.15, 0.2) is 48.5 Å². The highest BCUT2D eigenvalue weighted by Gasteiger charge is 2.30. The van der Waals surface area contributed by atoms with Crippen molar-refractivity contribution in [2.24, 2.45) is 0 Å². The standard InChI is InChI=1S/C18H19F3N2O4/c1-2-25-14-7-9-15(10-8-14)26-12-11-22-17(24)23-13-3-5-16(6-4-13)27-18(19,20)21/h3-10H,2,11-12H2,1H3,(H2,22,23,24). The lowest BCUT2D eigenvalue weighted by molar-refractivity contribution is -0.274. The molecule has 0 saturated heterocycles. The van der Waals surface area contributed by atoms with Gasteiger partial charge in [-0.15, -0.1) is 13.2 Å². The lowest BCUT2D eigenvalue weighted by atomic mass is 10.3. The van der Waals surface area contributed by atoms with E-state index in [-0.39, 0.29) is 18.9 Å². The Kier molecular flexibility index (Phi) is 7.16. The molecular weight excluding hydrogens is 365 g/mol. The second kappa shape index (κ2) is 9.56. The smallest absolute Gasteiger partial charge is 0.494 e. The molecule has 0 heterocycles. The van der Waals surface area contributed by atoms with Crippen LogP contribution in [0.5, 0.6) is 17.2 Å². The number of halogens is 3. The number of benzene rings is 2. The molecule has 0 unspecified atom stereocenters. The average Bonchev–Trinajstić information content (AvgIpc) is 2.61. The third kappa shape index (κ3) is 7.76. The van der Waals surface area contributed by atoms with Crippen LogP contribution in [0.1, 0.15) is 6.92 Å². The molecule has 0 fully saturated rings. The molecule has 146 valence electrons. The van der Waals surface area contributed by atoms with Crippen molar-refractivity contribution in [2.75, 3.05) is 25.1 Å². The van der Waals surface area contributed by atoms with Crippen LogP contribution in [-0.4, -0.2) is 32.2 Å². The number of ether oxygens (including phenoxy) is 3. The van der Waals surface area contributed by atoms with Crippen molar-refractivity contribution in [3.05, 3.63) is 48.5 Å². The van der Waals surface area contributed by atoms with Crippen LogP contribution < -0.4 is 24.8 Å². The zero-order valence-corrected chi connectivity index (χ0v) is 14.5. The number of anilines is 1. The minimum Gasteiger partial charge on any atom is -0.494 e. The van der Waals surface area contributed by atoms with E-state index < -0.39 is 12.4 Å². The van der Waals surface area contributed by atoms with Gasteiger partial charge in [-0.2, -0.15) is 0 Å². The Morgan fingerprint density at radius 1 is 0.926 bits per heavy atom. The second-order valence-corrected chi connectivity index (χ2v) is 5.21. The predicted molar refractivity (Wildman–Crippen MR) is 93.3 cm³/mol. The molecule has 0 spiro atoms. The van der Waals surface area contributed by atoms with Crippen molar-refractivity contribution >= 4 is 11.7 Å². The summed E-state index contributed by atoms with van der Waals surface area (Å²) in [7, 11) is 0. The highest BCUT2D eigenvalue weighted by Crippen LogP contribution is 2.23. The predicted octanol–water partition coefficient (Wildman–Crippen LogP) is 4.18. The number of alkyl halides is 3. The summed E-state index contributed by atoms with van der Waals surface area (Å²) in [5.74, 6) is 1.02. The van der Waals surface area contributed by atoms with Crippen molar-refractivity contribution in [1.29, 1.82) is 0 Å². The van der Waals surface area contributed by atoms with E-state index in [4.69, 9.17) is 9.47 Å². The van der Waals surface area contributed by atoms with Gasteiger partial charge in [-0.3, -0.25) is 0 Å². The minimum atomic E-state index is -4.75. The van der Waals surface area contributed by atoms with Gasteiger partial charge in [-0.05, 0) is 55.5 Å². The first-order valence-corrected chi connectivity index (χ1v) is 8.12. The molecule has 0 radical (unpaired) electrons. The first-order chi connectivity index (χ1) is 12.9. The molecule has 0 aliphatic heterocycles. The maximum atomic E-state index is 12.1. The minimum absolute atomic E-state index is 0.244. The van der Waals surface area contributed by atoms with Crippen LogP contribution in [0.3, 0.4) is 0 Å². The lowest BCUT2D eigenvalue weighted by Gasteiger charge is -2.11. The van der Waals surface area contributed by atoms with Gasteiger partial charge in [-0.1, -0.05) is 0 Å². The second-order valence-electron chi connectivity index (χ2n) is 5.21. The SMILES string of the molecule is CCOc1ccc(OCCNC(=O)Nc2ccc(OC(F)(F)F)cc2)cc1. The number of carbonyl (C=O) groups excluding carboxylic acids is 1. The van der Waals surface area contributed by atoms with Gasteiger partial charge >= 0.3 is 12.4 Å². The van der Waals surface area contributed by atoms with E-state index in [1.165, 1.54) is 12.1 Å². The highest BCUT2D eigenvalue weighted by atomic mass is 19.4. The Morgan fingerprint density at radius 3 is 2.04 bits per heavy atom. The molecule has 6 nitrogen and oxygen atoms in total. The highest BCUT2D eigenvalue weighted by molar-refractivity contribution is 5.89. The van der Waals surface area contributed by atoms with Gasteiger partial charge in [0.2, 0.25) is 0 Å². The monoisotopic (exact) mass is 384 g/mol. The fraction of sp³-hybridized carbons (Fsp3) is 0.278. The third-order valence-electron chi connectivity index (χ3n) is 3.14. The molecule has 0 aromatic heterocycles. The van der Waals surface area contributed by atoms with Crippen LogP contribution in [0, 0.1) is 0 Å². The van der Waals surface area contributed by atoms with Gasteiger partial charge in [-0.25, -0.2) is 4.79 Å². The maximum Gasteiger partial charge on any atom is 0.573 e. The third-order valence-corrected chi connectivity index (χ3v) is 3.14. The topological polar surface area (TPSA) is 68.8 Å². The van der Waals surface area contributed by atoms with Gasteiger partial charge in [0.05, 0.1) is 13.2 Å². The van der Waals surface area contributed by atoms with E-state index in [2.05, 4.69) is 15.4 Å². The molecule has 0 saturated carbocycles. The summed E-state index contributed by atoms with van der Waals surface area (Å²) >= 11 is 0. The van der Waals surface area contributed by atoms with Crippen molar-refractivity contribution in [1.82, 2.24) is 5.32 Å². The summed E-state index contributed by atoms with van der Waals surface area (Å²) in [6, 6.07) is 11.4. The van der Waals surface area contributed by atoms with E-state index in [9.17, 15) is 18.0 Å². The van der Waals surface area contributed by atoms with Crippen molar-refractivity contribution < 1.29 is 32.2 Å². The quantitative estimate of drug-likeness (QED) is 0.670. The van der Waals surface area contributed by atoms with Gasteiger partial charge in [0.1, 0.15) is 23.9 Å². The van der Waals surface area contributed by atoms with Crippen LogP contribution in [0.4, 0.5) is 23.7 Å². The number of hydrogen-bond donors (Lipinski definition) is 2. The molecule has 27 heavy (non-hydrogen) atoms. The molecule has 9 heteroatoms. The zero-order valence-electron chi connectivity index (χ0n) is 14.5. The molecular formula is C18H19F3N2O4. The van der Waals surface area contributed by atoms with Crippen LogP contribution in [0.25, 0.3) is 0 Å². The lowest BCUT2D eigenvalue weighted by Crippen LogP contribution is -2.32. The van der Waals surface area contributed by atoms with E-state index in [1.807, 2.05) is 6.92 Å². The molecule has 2 aromatic rings. The first kappa shape index (κ1) is 20.2.